The van der Waals surface area contributed by atoms with Gasteiger partial charge in [0, 0.05) is 44.5 Å². The average Bonchev–Trinajstić information content (AvgIpc) is 2.72. The summed E-state index contributed by atoms with van der Waals surface area (Å²) in [4.78, 5) is 30.8. The number of hydrogen-bond donors (Lipinski definition) is 0. The molecule has 0 unspecified atom stereocenters. The molecule has 2 aromatic rings. The fourth-order valence-electron chi connectivity index (χ4n) is 3.76. The van der Waals surface area contributed by atoms with E-state index in [1.807, 2.05) is 41.3 Å². The molecule has 2 amide bonds. The highest BCUT2D eigenvalue weighted by atomic mass is 16.2. The molecular formula is C23H29N3O2. The molecule has 28 heavy (non-hydrogen) atoms. The van der Waals surface area contributed by atoms with E-state index in [2.05, 4.69) is 30.9 Å². The molecule has 0 fully saturated rings. The lowest BCUT2D eigenvalue weighted by molar-refractivity contribution is -0.132. The minimum Gasteiger partial charge on any atom is -0.372 e. The zero-order chi connectivity index (χ0) is 20.1. The summed E-state index contributed by atoms with van der Waals surface area (Å²) >= 11 is 0. The van der Waals surface area contributed by atoms with E-state index in [4.69, 9.17) is 0 Å². The van der Waals surface area contributed by atoms with Crippen LogP contribution in [0.2, 0.25) is 0 Å². The van der Waals surface area contributed by atoms with Gasteiger partial charge in [0.1, 0.15) is 6.54 Å². The van der Waals surface area contributed by atoms with Gasteiger partial charge in [-0.3, -0.25) is 9.59 Å². The number of carbonyl (C=O) groups excluding carboxylic acids is 2. The van der Waals surface area contributed by atoms with E-state index in [9.17, 15) is 9.59 Å². The largest absolute Gasteiger partial charge is 0.372 e. The van der Waals surface area contributed by atoms with Crippen molar-refractivity contribution >= 4 is 23.2 Å². The van der Waals surface area contributed by atoms with Gasteiger partial charge in [0.15, 0.2) is 0 Å². The molecule has 0 saturated heterocycles. The molecule has 0 atom stereocenters. The fourth-order valence-corrected chi connectivity index (χ4v) is 3.76. The first-order valence-corrected chi connectivity index (χ1v) is 10.0. The van der Waals surface area contributed by atoms with Crippen LogP contribution in [0.5, 0.6) is 0 Å². The number of carbonyl (C=O) groups is 2. The van der Waals surface area contributed by atoms with Gasteiger partial charge in [-0.2, -0.15) is 0 Å². The minimum atomic E-state index is -0.124. The third-order valence-corrected chi connectivity index (χ3v) is 5.45. The summed E-state index contributed by atoms with van der Waals surface area (Å²) in [6.07, 6.45) is 0.862. The molecule has 3 rings (SSSR count). The minimum absolute atomic E-state index is 0.0162. The number of benzene rings is 2. The van der Waals surface area contributed by atoms with E-state index in [1.54, 1.807) is 4.90 Å². The molecule has 1 aliphatic heterocycles. The van der Waals surface area contributed by atoms with Crippen molar-refractivity contribution < 1.29 is 9.59 Å². The summed E-state index contributed by atoms with van der Waals surface area (Å²) in [6, 6.07) is 16.1. The maximum absolute atomic E-state index is 12.9. The van der Waals surface area contributed by atoms with Crippen LogP contribution in [0, 0.1) is 0 Å². The first-order valence-electron chi connectivity index (χ1n) is 10.0. The molecule has 1 aliphatic rings. The van der Waals surface area contributed by atoms with Crippen LogP contribution in [0.25, 0.3) is 0 Å². The van der Waals surface area contributed by atoms with E-state index in [1.165, 1.54) is 18.1 Å². The number of fused-ring (bicyclic) bond motifs is 1. The fraction of sp³-hybridized carbons (Fsp3) is 0.391. The van der Waals surface area contributed by atoms with E-state index in [0.29, 0.717) is 13.1 Å². The van der Waals surface area contributed by atoms with Crippen LogP contribution >= 0.6 is 0 Å². The lowest BCUT2D eigenvalue weighted by atomic mass is 10.00. The Labute approximate surface area is 167 Å². The summed E-state index contributed by atoms with van der Waals surface area (Å²) in [5.41, 5.74) is 4.38. The van der Waals surface area contributed by atoms with Gasteiger partial charge in [-0.15, -0.1) is 0 Å². The number of anilines is 2. The molecule has 0 aromatic heterocycles. The van der Waals surface area contributed by atoms with E-state index in [-0.39, 0.29) is 18.4 Å². The number of amides is 2. The Morgan fingerprint density at radius 2 is 1.54 bits per heavy atom. The normalized spacial score (nSPS) is 13.0. The Kier molecular flexibility index (Phi) is 6.34. The van der Waals surface area contributed by atoms with Gasteiger partial charge < -0.3 is 14.7 Å². The molecule has 1 heterocycles. The van der Waals surface area contributed by atoms with Crippen LogP contribution in [-0.2, 0) is 22.6 Å². The van der Waals surface area contributed by atoms with Crippen molar-refractivity contribution in [1.82, 2.24) is 4.90 Å². The van der Waals surface area contributed by atoms with Gasteiger partial charge in [0.2, 0.25) is 11.8 Å². The molecule has 0 bridgehead atoms. The van der Waals surface area contributed by atoms with Crippen molar-refractivity contribution in [2.24, 2.45) is 0 Å². The standard InChI is InChI=1S/C23H29N3O2/c1-4-24(5-2)21-10-12-22(13-11-21)26(18(3)27)17-23(28)25-15-14-19-8-6-7-9-20(19)16-25/h6-13H,4-5,14-17H2,1-3H3. The van der Waals surface area contributed by atoms with Crippen LogP contribution in [0.3, 0.4) is 0 Å². The van der Waals surface area contributed by atoms with Crippen molar-refractivity contribution in [1.29, 1.82) is 0 Å². The Bertz CT molecular complexity index is 828. The monoisotopic (exact) mass is 379 g/mol. The second-order valence-electron chi connectivity index (χ2n) is 7.13. The maximum Gasteiger partial charge on any atom is 0.242 e. The zero-order valence-corrected chi connectivity index (χ0v) is 17.0. The molecule has 0 spiro atoms. The molecule has 0 N–H and O–H groups in total. The van der Waals surface area contributed by atoms with Crippen LogP contribution in [-0.4, -0.2) is 42.9 Å². The number of nitrogens with zero attached hydrogens (tertiary/aromatic N) is 3. The van der Waals surface area contributed by atoms with Crippen molar-refractivity contribution in [2.75, 3.05) is 36.0 Å². The third-order valence-electron chi connectivity index (χ3n) is 5.45. The van der Waals surface area contributed by atoms with Crippen molar-refractivity contribution in [2.45, 2.75) is 33.7 Å². The maximum atomic E-state index is 12.9. The summed E-state index contributed by atoms with van der Waals surface area (Å²) in [5.74, 6) is -0.140. The van der Waals surface area contributed by atoms with E-state index in [0.717, 1.165) is 30.9 Å². The molecule has 148 valence electrons. The van der Waals surface area contributed by atoms with Crippen LogP contribution < -0.4 is 9.80 Å². The van der Waals surface area contributed by atoms with Gasteiger partial charge in [-0.25, -0.2) is 0 Å². The molecule has 5 heteroatoms. The topological polar surface area (TPSA) is 43.9 Å². The average molecular weight is 380 g/mol. The molecule has 0 radical (unpaired) electrons. The first-order chi connectivity index (χ1) is 13.5. The van der Waals surface area contributed by atoms with Gasteiger partial charge in [-0.05, 0) is 55.7 Å². The number of hydrogen-bond acceptors (Lipinski definition) is 3. The third kappa shape index (κ3) is 4.35. The highest BCUT2D eigenvalue weighted by Gasteiger charge is 2.24. The van der Waals surface area contributed by atoms with E-state index < -0.39 is 0 Å². The smallest absolute Gasteiger partial charge is 0.242 e. The van der Waals surface area contributed by atoms with Crippen molar-refractivity contribution in [3.8, 4) is 0 Å². The predicted octanol–water partition coefficient (Wildman–Crippen LogP) is 3.47. The first kappa shape index (κ1) is 19.9. The SMILES string of the molecule is CCN(CC)c1ccc(N(CC(=O)N2CCc3ccccc3C2)C(C)=O)cc1. The lowest BCUT2D eigenvalue weighted by Crippen LogP contribution is -2.44. The van der Waals surface area contributed by atoms with Crippen LogP contribution in [0.4, 0.5) is 11.4 Å². The molecule has 0 saturated carbocycles. The van der Waals surface area contributed by atoms with Crippen LogP contribution in [0.1, 0.15) is 31.9 Å². The summed E-state index contributed by atoms with van der Waals surface area (Å²) < 4.78 is 0. The highest BCUT2D eigenvalue weighted by molar-refractivity contribution is 5.97. The Balaban J connectivity index is 1.71. The van der Waals surface area contributed by atoms with Crippen molar-refractivity contribution in [3.05, 3.63) is 59.7 Å². The van der Waals surface area contributed by atoms with Gasteiger partial charge in [-0.1, -0.05) is 24.3 Å². The second kappa shape index (κ2) is 8.91. The van der Waals surface area contributed by atoms with E-state index >= 15 is 0 Å². The van der Waals surface area contributed by atoms with Crippen molar-refractivity contribution in [3.63, 3.8) is 0 Å². The summed E-state index contributed by atoms with van der Waals surface area (Å²) in [7, 11) is 0. The number of rotatable bonds is 6. The zero-order valence-electron chi connectivity index (χ0n) is 17.0. The summed E-state index contributed by atoms with van der Waals surface area (Å²) in [5, 5.41) is 0. The molecule has 5 nitrogen and oxygen atoms in total. The van der Waals surface area contributed by atoms with Gasteiger partial charge in [0.25, 0.3) is 0 Å². The van der Waals surface area contributed by atoms with Gasteiger partial charge in [0.05, 0.1) is 0 Å². The molecule has 2 aromatic carbocycles. The van der Waals surface area contributed by atoms with Gasteiger partial charge >= 0.3 is 0 Å². The predicted molar refractivity (Wildman–Crippen MR) is 114 cm³/mol. The Morgan fingerprint density at radius 1 is 0.929 bits per heavy atom. The Morgan fingerprint density at radius 3 is 2.14 bits per heavy atom. The second-order valence-corrected chi connectivity index (χ2v) is 7.13. The highest BCUT2D eigenvalue weighted by Crippen LogP contribution is 2.22. The summed E-state index contributed by atoms with van der Waals surface area (Å²) in [6.45, 7) is 9.00. The van der Waals surface area contributed by atoms with Crippen LogP contribution in [0.15, 0.2) is 48.5 Å². The molecule has 0 aliphatic carbocycles. The quantitative estimate of drug-likeness (QED) is 0.772. The molecular weight excluding hydrogens is 350 g/mol. The Hall–Kier alpha value is -2.82. The lowest BCUT2D eigenvalue weighted by Gasteiger charge is -2.31.